The highest BCUT2D eigenvalue weighted by atomic mass is 32.2. The molecule has 2 atom stereocenters. The van der Waals surface area contributed by atoms with Crippen LogP contribution in [0.1, 0.15) is 43.5 Å². The van der Waals surface area contributed by atoms with Gasteiger partial charge >= 0.3 is 0 Å². The Hall–Kier alpha value is -0.470. The maximum Gasteiger partial charge on any atom is 0.0412 e. The molecule has 0 spiro atoms. The summed E-state index contributed by atoms with van der Waals surface area (Å²) >= 11 is 2.06. The molecule has 0 radical (unpaired) electrons. The SMILES string of the molecule is CNC(CSC(C)C(C)C)c1ccc(C)cc1C. The molecule has 2 heteroatoms. The molecule has 0 aliphatic rings. The van der Waals surface area contributed by atoms with Crippen molar-refractivity contribution in [2.45, 2.75) is 45.9 Å². The maximum atomic E-state index is 3.45. The Morgan fingerprint density at radius 1 is 1.17 bits per heavy atom. The van der Waals surface area contributed by atoms with Gasteiger partial charge in [-0.1, -0.05) is 44.5 Å². The summed E-state index contributed by atoms with van der Waals surface area (Å²) in [7, 11) is 2.06. The summed E-state index contributed by atoms with van der Waals surface area (Å²) in [6.45, 7) is 11.3. The van der Waals surface area contributed by atoms with E-state index in [1.54, 1.807) is 0 Å². The van der Waals surface area contributed by atoms with Crippen LogP contribution in [-0.2, 0) is 0 Å². The second kappa shape index (κ2) is 7.20. The third kappa shape index (κ3) is 4.33. The molecule has 0 aliphatic carbocycles. The van der Waals surface area contributed by atoms with Crippen LogP contribution in [0, 0.1) is 19.8 Å². The zero-order chi connectivity index (χ0) is 13.7. The molecule has 1 nitrogen and oxygen atoms in total. The molecule has 0 saturated heterocycles. The van der Waals surface area contributed by atoms with Crippen molar-refractivity contribution in [2.75, 3.05) is 12.8 Å². The quantitative estimate of drug-likeness (QED) is 0.821. The van der Waals surface area contributed by atoms with Crippen molar-refractivity contribution >= 4 is 11.8 Å². The van der Waals surface area contributed by atoms with Gasteiger partial charge in [-0.15, -0.1) is 0 Å². The first kappa shape index (κ1) is 15.6. The fourth-order valence-corrected chi connectivity index (χ4v) is 3.21. The number of rotatable bonds is 6. The van der Waals surface area contributed by atoms with Crippen molar-refractivity contribution in [3.8, 4) is 0 Å². The van der Waals surface area contributed by atoms with Crippen LogP contribution in [0.5, 0.6) is 0 Å². The van der Waals surface area contributed by atoms with Crippen LogP contribution in [-0.4, -0.2) is 18.1 Å². The smallest absolute Gasteiger partial charge is 0.0412 e. The van der Waals surface area contributed by atoms with Gasteiger partial charge in [-0.3, -0.25) is 0 Å². The van der Waals surface area contributed by atoms with E-state index in [1.165, 1.54) is 16.7 Å². The summed E-state index contributed by atoms with van der Waals surface area (Å²) in [5, 5.41) is 4.17. The molecule has 18 heavy (non-hydrogen) atoms. The number of hydrogen-bond acceptors (Lipinski definition) is 2. The topological polar surface area (TPSA) is 12.0 Å². The summed E-state index contributed by atoms with van der Waals surface area (Å²) < 4.78 is 0. The van der Waals surface area contributed by atoms with Crippen molar-refractivity contribution in [2.24, 2.45) is 5.92 Å². The predicted octanol–water partition coefficient (Wildman–Crippen LogP) is 4.34. The minimum absolute atomic E-state index is 0.455. The van der Waals surface area contributed by atoms with Gasteiger partial charge in [0.25, 0.3) is 0 Å². The number of nitrogens with one attached hydrogen (secondary N) is 1. The maximum absolute atomic E-state index is 3.45. The lowest BCUT2D eigenvalue weighted by atomic mass is 10.0. The molecule has 0 aliphatic heterocycles. The van der Waals surface area contributed by atoms with Crippen molar-refractivity contribution in [3.05, 3.63) is 34.9 Å². The Morgan fingerprint density at radius 2 is 1.83 bits per heavy atom. The third-order valence-electron chi connectivity index (χ3n) is 3.61. The van der Waals surface area contributed by atoms with E-state index in [9.17, 15) is 0 Å². The van der Waals surface area contributed by atoms with E-state index in [2.05, 4.69) is 76.9 Å². The highest BCUT2D eigenvalue weighted by Crippen LogP contribution is 2.26. The molecule has 0 saturated carbocycles. The van der Waals surface area contributed by atoms with Crippen LogP contribution < -0.4 is 5.32 Å². The second-order valence-corrected chi connectivity index (χ2v) is 6.89. The van der Waals surface area contributed by atoms with Crippen molar-refractivity contribution in [1.82, 2.24) is 5.32 Å². The Kier molecular flexibility index (Phi) is 6.24. The fourth-order valence-electron chi connectivity index (χ4n) is 1.99. The minimum atomic E-state index is 0.455. The summed E-state index contributed by atoms with van der Waals surface area (Å²) in [5.74, 6) is 1.88. The summed E-state index contributed by atoms with van der Waals surface area (Å²) in [6.07, 6.45) is 0. The molecule has 2 unspecified atom stereocenters. The van der Waals surface area contributed by atoms with Gasteiger partial charge < -0.3 is 5.32 Å². The van der Waals surface area contributed by atoms with Crippen LogP contribution in [0.15, 0.2) is 18.2 Å². The van der Waals surface area contributed by atoms with Crippen LogP contribution in [0.3, 0.4) is 0 Å². The molecule has 0 aromatic heterocycles. The Bertz CT molecular complexity index is 373. The van der Waals surface area contributed by atoms with Gasteiger partial charge in [-0.25, -0.2) is 0 Å². The summed E-state index contributed by atoms with van der Waals surface area (Å²) in [4.78, 5) is 0. The average Bonchev–Trinajstić information content (AvgIpc) is 2.31. The monoisotopic (exact) mass is 265 g/mol. The largest absolute Gasteiger partial charge is 0.312 e. The second-order valence-electron chi connectivity index (χ2n) is 5.48. The molecule has 1 rings (SSSR count). The van der Waals surface area contributed by atoms with E-state index in [4.69, 9.17) is 0 Å². The summed E-state index contributed by atoms with van der Waals surface area (Å²) in [5.41, 5.74) is 4.17. The highest BCUT2D eigenvalue weighted by Gasteiger charge is 2.15. The Morgan fingerprint density at radius 3 is 2.33 bits per heavy atom. The Balaban J connectivity index is 2.71. The van der Waals surface area contributed by atoms with Gasteiger partial charge in [0.05, 0.1) is 0 Å². The lowest BCUT2D eigenvalue weighted by molar-refractivity contribution is 0.628. The highest BCUT2D eigenvalue weighted by molar-refractivity contribution is 7.99. The average molecular weight is 265 g/mol. The molecular weight excluding hydrogens is 238 g/mol. The molecule has 0 heterocycles. The van der Waals surface area contributed by atoms with Gasteiger partial charge in [0.15, 0.2) is 0 Å². The van der Waals surface area contributed by atoms with Crippen LogP contribution in [0.4, 0.5) is 0 Å². The van der Waals surface area contributed by atoms with E-state index in [-0.39, 0.29) is 0 Å². The Labute approximate surface area is 117 Å². The van der Waals surface area contributed by atoms with Gasteiger partial charge in [0, 0.05) is 17.0 Å². The normalized spacial score (nSPS) is 14.8. The zero-order valence-corrected chi connectivity index (χ0v) is 13.4. The van der Waals surface area contributed by atoms with Crippen LogP contribution in [0.25, 0.3) is 0 Å². The number of aryl methyl sites for hydroxylation is 2. The molecule has 0 fully saturated rings. The first-order chi connectivity index (χ1) is 8.45. The van der Waals surface area contributed by atoms with Gasteiger partial charge in [0.1, 0.15) is 0 Å². The molecule has 1 aromatic rings. The first-order valence-electron chi connectivity index (χ1n) is 6.81. The van der Waals surface area contributed by atoms with E-state index in [0.717, 1.165) is 11.7 Å². The zero-order valence-electron chi connectivity index (χ0n) is 12.6. The standard InChI is InChI=1S/C16H27NS/c1-11(2)14(5)18-10-16(17-6)15-8-7-12(3)9-13(15)4/h7-9,11,14,16-17H,10H2,1-6H3. The van der Waals surface area contributed by atoms with E-state index >= 15 is 0 Å². The van der Waals surface area contributed by atoms with E-state index in [0.29, 0.717) is 11.3 Å². The first-order valence-corrected chi connectivity index (χ1v) is 7.86. The van der Waals surface area contributed by atoms with Gasteiger partial charge in [0.2, 0.25) is 0 Å². The molecule has 1 N–H and O–H groups in total. The van der Waals surface area contributed by atoms with Crippen LogP contribution in [0.2, 0.25) is 0 Å². The van der Waals surface area contributed by atoms with Gasteiger partial charge in [-0.05, 0) is 37.9 Å². The number of benzene rings is 1. The van der Waals surface area contributed by atoms with Crippen LogP contribution >= 0.6 is 11.8 Å². The molecule has 0 bridgehead atoms. The molecule has 102 valence electrons. The molecule has 0 amide bonds. The third-order valence-corrected chi connectivity index (χ3v) is 5.21. The fraction of sp³-hybridized carbons (Fsp3) is 0.625. The minimum Gasteiger partial charge on any atom is -0.312 e. The van der Waals surface area contributed by atoms with Gasteiger partial charge in [-0.2, -0.15) is 11.8 Å². The number of hydrogen-bond donors (Lipinski definition) is 1. The van der Waals surface area contributed by atoms with Crippen molar-refractivity contribution in [3.63, 3.8) is 0 Å². The van der Waals surface area contributed by atoms with E-state index in [1.807, 2.05) is 0 Å². The number of thioether (sulfide) groups is 1. The van der Waals surface area contributed by atoms with E-state index < -0.39 is 0 Å². The van der Waals surface area contributed by atoms with Crippen molar-refractivity contribution in [1.29, 1.82) is 0 Å². The summed E-state index contributed by atoms with van der Waals surface area (Å²) in [6, 6.07) is 7.21. The predicted molar refractivity (Wildman–Crippen MR) is 84.5 cm³/mol. The molecule has 1 aromatic carbocycles. The lowest BCUT2D eigenvalue weighted by Gasteiger charge is -2.22. The molecular formula is C16H27NS. The lowest BCUT2D eigenvalue weighted by Crippen LogP contribution is -2.21. The van der Waals surface area contributed by atoms with Crippen molar-refractivity contribution < 1.29 is 0 Å².